The van der Waals surface area contributed by atoms with E-state index in [2.05, 4.69) is 20.9 Å². The third-order valence-corrected chi connectivity index (χ3v) is 5.82. The van der Waals surface area contributed by atoms with Gasteiger partial charge in [0.1, 0.15) is 0 Å². The number of aryl methyl sites for hydroxylation is 1. The molecule has 3 aromatic rings. The molecule has 1 aliphatic heterocycles. The van der Waals surface area contributed by atoms with Crippen LogP contribution in [0.5, 0.6) is 0 Å². The van der Waals surface area contributed by atoms with Gasteiger partial charge in [0.15, 0.2) is 5.72 Å². The molecule has 0 aliphatic carbocycles. The molecule has 28 heavy (non-hydrogen) atoms. The van der Waals surface area contributed by atoms with E-state index in [1.165, 1.54) is 4.90 Å². The number of benzene rings is 2. The molecule has 0 radical (unpaired) electrons. The van der Waals surface area contributed by atoms with Crippen LogP contribution < -0.4 is 0 Å². The second-order valence-corrected chi connectivity index (χ2v) is 8.47. The molecule has 0 spiro atoms. The van der Waals surface area contributed by atoms with E-state index in [9.17, 15) is 9.90 Å². The van der Waals surface area contributed by atoms with Gasteiger partial charge in [0.2, 0.25) is 0 Å². The smallest absolute Gasteiger partial charge is 0.257 e. The first-order valence-electron chi connectivity index (χ1n) is 8.52. The Morgan fingerprint density at radius 1 is 1.14 bits per heavy atom. The van der Waals surface area contributed by atoms with Crippen LogP contribution >= 0.6 is 39.1 Å². The molecular weight excluding hydrogens is 463 g/mol. The summed E-state index contributed by atoms with van der Waals surface area (Å²) >= 11 is 15.9. The zero-order valence-corrected chi connectivity index (χ0v) is 17.9. The minimum absolute atomic E-state index is 0.126. The van der Waals surface area contributed by atoms with Crippen LogP contribution in [0.3, 0.4) is 0 Å². The zero-order chi connectivity index (χ0) is 20.1. The van der Waals surface area contributed by atoms with Crippen LogP contribution in [0.15, 0.2) is 59.2 Å². The Kier molecular flexibility index (Phi) is 4.96. The molecule has 0 saturated carbocycles. The Morgan fingerprint density at radius 2 is 1.86 bits per heavy atom. The molecular formula is C21H15BrCl2N2O2. The van der Waals surface area contributed by atoms with Crippen LogP contribution in [0.25, 0.3) is 0 Å². The lowest BCUT2D eigenvalue weighted by Gasteiger charge is -2.35. The number of carbonyl (C=O) groups excluding carboxylic acids is 1. The summed E-state index contributed by atoms with van der Waals surface area (Å²) in [6, 6.07) is 13.8. The molecule has 7 heteroatoms. The van der Waals surface area contributed by atoms with Gasteiger partial charge in [0, 0.05) is 26.8 Å². The van der Waals surface area contributed by atoms with Gasteiger partial charge in [0.05, 0.1) is 22.8 Å². The van der Waals surface area contributed by atoms with Crippen molar-refractivity contribution in [1.82, 2.24) is 9.88 Å². The number of carbonyl (C=O) groups is 1. The highest BCUT2D eigenvalue weighted by Gasteiger charge is 2.51. The number of fused-ring (bicyclic) bond motifs is 1. The van der Waals surface area contributed by atoms with Crippen molar-refractivity contribution in [2.45, 2.75) is 19.2 Å². The highest BCUT2D eigenvalue weighted by Crippen LogP contribution is 2.47. The molecule has 1 aromatic heterocycles. The minimum atomic E-state index is -1.73. The van der Waals surface area contributed by atoms with Crippen LogP contribution in [-0.2, 0) is 12.3 Å². The highest BCUT2D eigenvalue weighted by atomic mass is 79.9. The number of aromatic nitrogens is 1. The zero-order valence-electron chi connectivity index (χ0n) is 14.8. The topological polar surface area (TPSA) is 53.4 Å². The standard InChI is InChI=1S/C21H15BrCl2N2O2/c1-12-2-7-16(25-10-12)11-26-20(27)17-8-14(22)9-18(24)19(17)21(26,28)13-3-5-15(23)6-4-13/h2-10,28H,11H2,1H3. The third-order valence-electron chi connectivity index (χ3n) is 4.81. The maximum absolute atomic E-state index is 13.3. The minimum Gasteiger partial charge on any atom is -0.363 e. The molecule has 2 heterocycles. The van der Waals surface area contributed by atoms with Crippen LogP contribution in [0.4, 0.5) is 0 Å². The first kappa shape index (κ1) is 19.4. The summed E-state index contributed by atoms with van der Waals surface area (Å²) in [7, 11) is 0. The van der Waals surface area contributed by atoms with Crippen LogP contribution in [-0.4, -0.2) is 20.9 Å². The van der Waals surface area contributed by atoms with E-state index < -0.39 is 5.72 Å². The predicted octanol–water partition coefficient (Wildman–Crippen LogP) is 5.31. The SMILES string of the molecule is Cc1ccc(CN2C(=O)c3cc(Br)cc(Cl)c3C2(O)c2ccc(Cl)cc2)nc1. The van der Waals surface area contributed by atoms with Gasteiger partial charge in [-0.25, -0.2) is 0 Å². The van der Waals surface area contributed by atoms with Crippen molar-refractivity contribution in [3.8, 4) is 0 Å². The number of rotatable bonds is 3. The molecule has 142 valence electrons. The third kappa shape index (κ3) is 3.12. The Morgan fingerprint density at radius 3 is 2.50 bits per heavy atom. The fraction of sp³-hybridized carbons (Fsp3) is 0.143. The van der Waals surface area contributed by atoms with E-state index in [1.54, 1.807) is 42.6 Å². The molecule has 4 rings (SSSR count). The monoisotopic (exact) mass is 476 g/mol. The fourth-order valence-corrected chi connectivity index (χ4v) is 4.51. The molecule has 0 saturated heterocycles. The number of nitrogens with zero attached hydrogens (tertiary/aromatic N) is 2. The Labute approximate surface area is 180 Å². The Bertz CT molecular complexity index is 1070. The van der Waals surface area contributed by atoms with Crippen molar-refractivity contribution in [3.63, 3.8) is 0 Å². The summed E-state index contributed by atoms with van der Waals surface area (Å²) in [6.45, 7) is 2.07. The fourth-order valence-electron chi connectivity index (χ4n) is 3.45. The van der Waals surface area contributed by atoms with Gasteiger partial charge >= 0.3 is 0 Å². The quantitative estimate of drug-likeness (QED) is 0.556. The normalized spacial score (nSPS) is 18.5. The van der Waals surface area contributed by atoms with E-state index in [0.29, 0.717) is 36.9 Å². The van der Waals surface area contributed by atoms with Gasteiger partial charge in [-0.05, 0) is 42.8 Å². The number of halogens is 3. The maximum Gasteiger partial charge on any atom is 0.257 e. The molecule has 1 unspecified atom stereocenters. The maximum atomic E-state index is 13.3. The van der Waals surface area contributed by atoms with E-state index in [1.807, 2.05) is 19.1 Å². The van der Waals surface area contributed by atoms with E-state index in [-0.39, 0.29) is 12.5 Å². The molecule has 1 atom stereocenters. The highest BCUT2D eigenvalue weighted by molar-refractivity contribution is 9.10. The summed E-state index contributed by atoms with van der Waals surface area (Å²) in [6.07, 6.45) is 1.73. The first-order valence-corrected chi connectivity index (χ1v) is 10.1. The van der Waals surface area contributed by atoms with Crippen molar-refractivity contribution in [3.05, 3.63) is 97.2 Å². The summed E-state index contributed by atoms with van der Waals surface area (Å²) < 4.78 is 0.665. The number of aliphatic hydroxyl groups is 1. The summed E-state index contributed by atoms with van der Waals surface area (Å²) in [5.41, 5.74) is 1.15. The lowest BCUT2D eigenvalue weighted by Crippen LogP contribution is -2.44. The number of hydrogen-bond acceptors (Lipinski definition) is 3. The number of hydrogen-bond donors (Lipinski definition) is 1. The van der Waals surface area contributed by atoms with E-state index in [0.717, 1.165) is 5.56 Å². The van der Waals surface area contributed by atoms with Crippen LogP contribution in [0, 0.1) is 6.92 Å². The number of pyridine rings is 1. The molecule has 0 fully saturated rings. The average Bonchev–Trinajstić information content (AvgIpc) is 2.86. The molecule has 1 aliphatic rings. The second-order valence-electron chi connectivity index (χ2n) is 6.71. The average molecular weight is 478 g/mol. The van der Waals surface area contributed by atoms with Gasteiger partial charge in [0.25, 0.3) is 5.91 Å². The van der Waals surface area contributed by atoms with Gasteiger partial charge < -0.3 is 5.11 Å². The predicted molar refractivity (Wildman–Crippen MR) is 112 cm³/mol. The van der Waals surface area contributed by atoms with Crippen LogP contribution in [0.1, 0.15) is 32.7 Å². The van der Waals surface area contributed by atoms with Gasteiger partial charge in [-0.1, -0.05) is 57.3 Å². The van der Waals surface area contributed by atoms with Crippen molar-refractivity contribution in [1.29, 1.82) is 0 Å². The van der Waals surface area contributed by atoms with Gasteiger partial charge in [-0.15, -0.1) is 0 Å². The first-order chi connectivity index (χ1) is 13.3. The summed E-state index contributed by atoms with van der Waals surface area (Å²) in [5.74, 6) is -0.321. The summed E-state index contributed by atoms with van der Waals surface area (Å²) in [4.78, 5) is 19.0. The van der Waals surface area contributed by atoms with Crippen molar-refractivity contribution < 1.29 is 9.90 Å². The lowest BCUT2D eigenvalue weighted by atomic mass is 9.93. The molecule has 0 bridgehead atoms. The Balaban J connectivity index is 1.90. The van der Waals surface area contributed by atoms with Crippen molar-refractivity contribution in [2.24, 2.45) is 0 Å². The Hall–Kier alpha value is -1.92. The second kappa shape index (κ2) is 7.16. The summed E-state index contributed by atoms with van der Waals surface area (Å²) in [5, 5.41) is 12.7. The molecule has 2 aromatic carbocycles. The van der Waals surface area contributed by atoms with Crippen molar-refractivity contribution in [2.75, 3.05) is 0 Å². The van der Waals surface area contributed by atoms with Crippen molar-refractivity contribution >= 4 is 45.0 Å². The van der Waals surface area contributed by atoms with Crippen LogP contribution in [0.2, 0.25) is 10.0 Å². The lowest BCUT2D eigenvalue weighted by molar-refractivity contribution is -0.0547. The molecule has 1 N–H and O–H groups in total. The van der Waals surface area contributed by atoms with Gasteiger partial charge in [-0.3, -0.25) is 14.7 Å². The van der Waals surface area contributed by atoms with Gasteiger partial charge in [-0.2, -0.15) is 0 Å². The molecule has 1 amide bonds. The van der Waals surface area contributed by atoms with E-state index in [4.69, 9.17) is 23.2 Å². The van der Waals surface area contributed by atoms with E-state index >= 15 is 0 Å². The number of amides is 1. The largest absolute Gasteiger partial charge is 0.363 e. The molecule has 4 nitrogen and oxygen atoms in total.